The van der Waals surface area contributed by atoms with E-state index in [9.17, 15) is 8.42 Å². The van der Waals surface area contributed by atoms with E-state index in [2.05, 4.69) is 16.8 Å². The van der Waals surface area contributed by atoms with E-state index in [1.165, 1.54) is 4.31 Å². The highest BCUT2D eigenvalue weighted by atomic mass is 32.2. The monoisotopic (exact) mass is 306 g/mol. The van der Waals surface area contributed by atoms with Crippen LogP contribution in [0.5, 0.6) is 0 Å². The second-order valence-corrected chi connectivity index (χ2v) is 7.13. The maximum Gasteiger partial charge on any atom is 0.280 e. The molecule has 8 heteroatoms. The molecule has 1 saturated heterocycles. The van der Waals surface area contributed by atoms with Crippen molar-refractivity contribution >= 4 is 16.0 Å². The van der Waals surface area contributed by atoms with Gasteiger partial charge in [0.05, 0.1) is 5.54 Å². The van der Waals surface area contributed by atoms with Crippen LogP contribution in [0.3, 0.4) is 0 Å². The third-order valence-electron chi connectivity index (χ3n) is 4.21. The van der Waals surface area contributed by atoms with E-state index in [1.54, 1.807) is 0 Å². The van der Waals surface area contributed by atoms with Crippen LogP contribution in [0.2, 0.25) is 0 Å². The lowest BCUT2D eigenvalue weighted by atomic mass is 9.93. The van der Waals surface area contributed by atoms with Crippen LogP contribution >= 0.6 is 0 Å². The molecule has 0 aliphatic carbocycles. The van der Waals surface area contributed by atoms with Gasteiger partial charge in [0.25, 0.3) is 10.2 Å². The van der Waals surface area contributed by atoms with E-state index >= 15 is 0 Å². The van der Waals surface area contributed by atoms with E-state index in [4.69, 9.17) is 10.9 Å². The Kier molecular flexibility index (Phi) is 5.79. The summed E-state index contributed by atoms with van der Waals surface area (Å²) >= 11 is 0. The summed E-state index contributed by atoms with van der Waals surface area (Å²) in [4.78, 5) is 0. The molecule has 0 saturated carbocycles. The van der Waals surface area contributed by atoms with Crippen molar-refractivity contribution in [1.29, 1.82) is 0 Å². The topological polar surface area (TPSA) is 108 Å². The summed E-state index contributed by atoms with van der Waals surface area (Å²) in [6.45, 7) is 6.76. The predicted octanol–water partition coefficient (Wildman–Crippen LogP) is 0.858. The van der Waals surface area contributed by atoms with Crippen LogP contribution in [0.25, 0.3) is 0 Å². The highest BCUT2D eigenvalue weighted by molar-refractivity contribution is 7.87. The molecule has 0 aromatic rings. The molecular weight excluding hydrogens is 280 g/mol. The average molecular weight is 306 g/mol. The fourth-order valence-electron chi connectivity index (χ4n) is 2.44. The van der Waals surface area contributed by atoms with Crippen LogP contribution in [0, 0.1) is 5.92 Å². The summed E-state index contributed by atoms with van der Waals surface area (Å²) in [6.07, 6.45) is 2.55. The molecule has 1 aliphatic rings. The van der Waals surface area contributed by atoms with Gasteiger partial charge in [-0.3, -0.25) is 0 Å². The number of piperidine rings is 1. The van der Waals surface area contributed by atoms with Gasteiger partial charge in [0.2, 0.25) is 0 Å². The van der Waals surface area contributed by atoms with Gasteiger partial charge in [-0.2, -0.15) is 17.4 Å². The standard InChI is InChI=1S/C12H26N4O3S/c1-4-12(5-2,11(13)14-17)15-20(18,19)16-8-6-10(3)7-9-16/h10,15,17H,4-9H2,1-3H3,(H2,13,14). The van der Waals surface area contributed by atoms with E-state index in [0.29, 0.717) is 31.8 Å². The molecule has 4 N–H and O–H groups in total. The summed E-state index contributed by atoms with van der Waals surface area (Å²) in [5.74, 6) is 0.448. The molecule has 0 bridgehead atoms. The third kappa shape index (κ3) is 3.62. The molecule has 1 rings (SSSR count). The molecule has 0 atom stereocenters. The number of hydrogen-bond donors (Lipinski definition) is 3. The van der Waals surface area contributed by atoms with Crippen LogP contribution in [0.1, 0.15) is 46.5 Å². The van der Waals surface area contributed by atoms with E-state index in [-0.39, 0.29) is 5.84 Å². The number of amidine groups is 1. The summed E-state index contributed by atoms with van der Waals surface area (Å²) in [5, 5.41) is 11.9. The normalized spacial score (nSPS) is 20.2. The van der Waals surface area contributed by atoms with Crippen molar-refractivity contribution in [2.45, 2.75) is 52.0 Å². The zero-order valence-electron chi connectivity index (χ0n) is 12.5. The molecule has 0 radical (unpaired) electrons. The first-order valence-electron chi connectivity index (χ1n) is 7.08. The molecule has 20 heavy (non-hydrogen) atoms. The van der Waals surface area contributed by atoms with Gasteiger partial charge >= 0.3 is 0 Å². The average Bonchev–Trinajstić information content (AvgIpc) is 2.44. The third-order valence-corrected chi connectivity index (χ3v) is 5.91. The van der Waals surface area contributed by atoms with Gasteiger partial charge < -0.3 is 10.9 Å². The highest BCUT2D eigenvalue weighted by Gasteiger charge is 2.38. The van der Waals surface area contributed by atoms with Gasteiger partial charge in [-0.1, -0.05) is 25.9 Å². The Labute approximate surface area is 121 Å². The Bertz CT molecular complexity index is 438. The van der Waals surface area contributed by atoms with Gasteiger partial charge in [0.1, 0.15) is 0 Å². The van der Waals surface area contributed by atoms with Crippen molar-refractivity contribution in [3.63, 3.8) is 0 Å². The molecule has 0 aromatic carbocycles. The Morgan fingerprint density at radius 1 is 1.40 bits per heavy atom. The van der Waals surface area contributed by atoms with Crippen LogP contribution in [0.15, 0.2) is 5.16 Å². The summed E-state index contributed by atoms with van der Waals surface area (Å²) in [6, 6.07) is 0. The fraction of sp³-hybridized carbons (Fsp3) is 0.917. The van der Waals surface area contributed by atoms with Gasteiger partial charge in [-0.25, -0.2) is 0 Å². The predicted molar refractivity (Wildman–Crippen MR) is 78.7 cm³/mol. The molecule has 7 nitrogen and oxygen atoms in total. The van der Waals surface area contributed by atoms with E-state index in [0.717, 1.165) is 12.8 Å². The molecule has 0 unspecified atom stereocenters. The number of nitrogens with one attached hydrogen (secondary N) is 1. The zero-order chi connectivity index (χ0) is 15.4. The smallest absolute Gasteiger partial charge is 0.280 e. The van der Waals surface area contributed by atoms with Crippen LogP contribution in [-0.4, -0.2) is 42.4 Å². The lowest BCUT2D eigenvalue weighted by Crippen LogP contribution is -2.60. The summed E-state index contributed by atoms with van der Waals surface area (Å²) in [7, 11) is -3.63. The molecular formula is C12H26N4O3S. The van der Waals surface area contributed by atoms with E-state index in [1.807, 2.05) is 13.8 Å². The zero-order valence-corrected chi connectivity index (χ0v) is 13.3. The Balaban J connectivity index is 2.92. The maximum absolute atomic E-state index is 12.5. The SMILES string of the molecule is CCC(CC)(NS(=O)(=O)N1CCC(C)CC1)/C(N)=N/O. The van der Waals surface area contributed by atoms with Gasteiger partial charge in [-0.15, -0.1) is 0 Å². The fourth-order valence-corrected chi connectivity index (χ4v) is 4.15. The molecule has 0 spiro atoms. The lowest BCUT2D eigenvalue weighted by molar-refractivity contribution is 0.278. The first kappa shape index (κ1) is 17.2. The van der Waals surface area contributed by atoms with Crippen LogP contribution in [0.4, 0.5) is 0 Å². The lowest BCUT2D eigenvalue weighted by Gasteiger charge is -2.36. The quantitative estimate of drug-likeness (QED) is 0.293. The number of nitrogens with two attached hydrogens (primary N) is 1. The number of hydrogen-bond acceptors (Lipinski definition) is 4. The summed E-state index contributed by atoms with van der Waals surface area (Å²) in [5.41, 5.74) is 4.66. The second kappa shape index (κ2) is 6.73. The Morgan fingerprint density at radius 3 is 2.30 bits per heavy atom. The van der Waals surface area contributed by atoms with Crippen molar-refractivity contribution in [2.24, 2.45) is 16.8 Å². The van der Waals surface area contributed by atoms with Gasteiger partial charge in [0.15, 0.2) is 5.84 Å². The largest absolute Gasteiger partial charge is 0.409 e. The molecule has 0 aromatic heterocycles. The second-order valence-electron chi connectivity index (χ2n) is 5.46. The van der Waals surface area contributed by atoms with Gasteiger partial charge in [0, 0.05) is 13.1 Å². The molecule has 118 valence electrons. The Morgan fingerprint density at radius 2 is 1.90 bits per heavy atom. The van der Waals surface area contributed by atoms with Crippen LogP contribution in [-0.2, 0) is 10.2 Å². The molecule has 0 amide bonds. The number of nitrogens with zero attached hydrogens (tertiary/aromatic N) is 2. The minimum Gasteiger partial charge on any atom is -0.409 e. The highest BCUT2D eigenvalue weighted by Crippen LogP contribution is 2.22. The first-order valence-corrected chi connectivity index (χ1v) is 8.52. The maximum atomic E-state index is 12.5. The van der Waals surface area contributed by atoms with Crippen molar-refractivity contribution in [1.82, 2.24) is 9.03 Å². The van der Waals surface area contributed by atoms with Crippen molar-refractivity contribution in [2.75, 3.05) is 13.1 Å². The van der Waals surface area contributed by atoms with Crippen molar-refractivity contribution in [3.8, 4) is 0 Å². The first-order chi connectivity index (χ1) is 9.31. The van der Waals surface area contributed by atoms with Crippen molar-refractivity contribution < 1.29 is 13.6 Å². The van der Waals surface area contributed by atoms with Crippen molar-refractivity contribution in [3.05, 3.63) is 0 Å². The number of oxime groups is 1. The minimum absolute atomic E-state index is 0.101. The molecule has 1 aliphatic heterocycles. The van der Waals surface area contributed by atoms with E-state index < -0.39 is 15.7 Å². The van der Waals surface area contributed by atoms with Gasteiger partial charge in [-0.05, 0) is 31.6 Å². The minimum atomic E-state index is -3.63. The summed E-state index contributed by atoms with van der Waals surface area (Å²) < 4.78 is 29.0. The molecule has 1 heterocycles. The number of rotatable bonds is 6. The molecule has 1 fully saturated rings. The van der Waals surface area contributed by atoms with Crippen LogP contribution < -0.4 is 10.5 Å². The Hall–Kier alpha value is -0.860.